The van der Waals surface area contributed by atoms with Crippen LogP contribution in [0.15, 0.2) is 18.2 Å². The second kappa shape index (κ2) is 4.17. The summed E-state index contributed by atoms with van der Waals surface area (Å²) in [5.74, 6) is 5.67. The molecule has 0 spiro atoms. The third-order valence-corrected chi connectivity index (χ3v) is 3.69. The van der Waals surface area contributed by atoms with Gasteiger partial charge in [-0.25, -0.2) is 0 Å². The van der Waals surface area contributed by atoms with Crippen LogP contribution in [-0.2, 0) is 12.8 Å². The Morgan fingerprint density at radius 1 is 1.24 bits per heavy atom. The first kappa shape index (κ1) is 10.8. The highest BCUT2D eigenvalue weighted by Crippen LogP contribution is 2.34. The second-order valence-corrected chi connectivity index (χ2v) is 4.81. The Kier molecular flexibility index (Phi) is 2.65. The molecule has 0 aliphatic heterocycles. The molecular weight excluding hydrogens is 234 g/mol. The number of aromatic nitrogens is 1. The van der Waals surface area contributed by atoms with Crippen molar-refractivity contribution in [1.29, 1.82) is 0 Å². The maximum atomic E-state index is 6.20. The number of nitrogens with one attached hydrogen (secondary N) is 1. The first-order chi connectivity index (χ1) is 8.31. The topological polar surface area (TPSA) is 50.9 Å². The molecule has 2 aromatic rings. The van der Waals surface area contributed by atoms with Crippen molar-refractivity contribution in [3.05, 3.63) is 34.5 Å². The zero-order valence-electron chi connectivity index (χ0n) is 9.46. The minimum Gasteiger partial charge on any atom is -0.323 e. The molecule has 17 heavy (non-hydrogen) atoms. The highest BCUT2D eigenvalue weighted by molar-refractivity contribution is 6.35. The van der Waals surface area contributed by atoms with E-state index in [0.29, 0.717) is 5.02 Å². The number of aryl methyl sites for hydroxylation is 1. The van der Waals surface area contributed by atoms with E-state index in [1.165, 1.54) is 18.4 Å². The lowest BCUT2D eigenvalue weighted by atomic mass is 9.93. The number of nitrogen functional groups attached to an aromatic ring is 1. The number of halogens is 1. The molecule has 0 radical (unpaired) electrons. The Labute approximate surface area is 105 Å². The lowest BCUT2D eigenvalue weighted by molar-refractivity contribution is 0.672. The van der Waals surface area contributed by atoms with E-state index in [4.69, 9.17) is 22.4 Å². The molecule has 1 aromatic heterocycles. The van der Waals surface area contributed by atoms with Crippen molar-refractivity contribution in [2.24, 2.45) is 5.84 Å². The molecule has 0 saturated heterocycles. The minimum absolute atomic E-state index is 0.687. The van der Waals surface area contributed by atoms with E-state index in [1.807, 2.05) is 18.2 Å². The van der Waals surface area contributed by atoms with Crippen LogP contribution in [0, 0.1) is 0 Å². The number of hydrogen-bond acceptors (Lipinski definition) is 3. The standard InChI is InChI=1S/C13H14ClN3/c14-10-6-3-5-9-12(17-15)8-4-1-2-7-11(8)16-13(9)10/h3,5-6H,1-2,4,7,15H2,(H,16,17). The first-order valence-electron chi connectivity index (χ1n) is 5.88. The number of fused-ring (bicyclic) bond motifs is 2. The van der Waals surface area contributed by atoms with Gasteiger partial charge in [-0.1, -0.05) is 23.7 Å². The van der Waals surface area contributed by atoms with E-state index in [9.17, 15) is 0 Å². The molecule has 3 N–H and O–H groups in total. The van der Waals surface area contributed by atoms with Crippen LogP contribution in [0.2, 0.25) is 5.02 Å². The molecule has 0 amide bonds. The summed E-state index contributed by atoms with van der Waals surface area (Å²) >= 11 is 6.20. The zero-order chi connectivity index (χ0) is 11.8. The van der Waals surface area contributed by atoms with E-state index in [0.717, 1.165) is 35.1 Å². The highest BCUT2D eigenvalue weighted by Gasteiger charge is 2.18. The third-order valence-electron chi connectivity index (χ3n) is 3.39. The first-order valence-corrected chi connectivity index (χ1v) is 6.25. The predicted molar refractivity (Wildman–Crippen MR) is 71.2 cm³/mol. The third kappa shape index (κ3) is 1.66. The molecule has 0 unspecified atom stereocenters. The van der Waals surface area contributed by atoms with Gasteiger partial charge in [-0.15, -0.1) is 0 Å². The van der Waals surface area contributed by atoms with Crippen LogP contribution in [-0.4, -0.2) is 4.98 Å². The summed E-state index contributed by atoms with van der Waals surface area (Å²) < 4.78 is 0. The van der Waals surface area contributed by atoms with Gasteiger partial charge >= 0.3 is 0 Å². The van der Waals surface area contributed by atoms with E-state index in [2.05, 4.69) is 5.43 Å². The Morgan fingerprint density at radius 2 is 2.06 bits per heavy atom. The van der Waals surface area contributed by atoms with E-state index >= 15 is 0 Å². The van der Waals surface area contributed by atoms with Gasteiger partial charge in [0.25, 0.3) is 0 Å². The number of hydrazine groups is 1. The summed E-state index contributed by atoms with van der Waals surface area (Å²) in [4.78, 5) is 4.70. The Morgan fingerprint density at radius 3 is 2.88 bits per heavy atom. The van der Waals surface area contributed by atoms with Crippen molar-refractivity contribution < 1.29 is 0 Å². The van der Waals surface area contributed by atoms with Crippen molar-refractivity contribution in [2.45, 2.75) is 25.7 Å². The van der Waals surface area contributed by atoms with Gasteiger partial charge in [0.1, 0.15) is 0 Å². The van der Waals surface area contributed by atoms with Crippen LogP contribution >= 0.6 is 11.6 Å². The van der Waals surface area contributed by atoms with Crippen molar-refractivity contribution in [3.63, 3.8) is 0 Å². The van der Waals surface area contributed by atoms with Crippen molar-refractivity contribution >= 4 is 28.2 Å². The summed E-state index contributed by atoms with van der Waals surface area (Å²) in [6.07, 6.45) is 4.46. The lowest BCUT2D eigenvalue weighted by Crippen LogP contribution is -2.15. The fraction of sp³-hybridized carbons (Fsp3) is 0.308. The van der Waals surface area contributed by atoms with Crippen LogP contribution in [0.3, 0.4) is 0 Å². The number of hydrogen-bond donors (Lipinski definition) is 2. The SMILES string of the molecule is NNc1c2c(nc3c(Cl)cccc13)CCCC2. The molecule has 0 atom stereocenters. The van der Waals surface area contributed by atoms with Crippen LogP contribution in [0.5, 0.6) is 0 Å². The van der Waals surface area contributed by atoms with E-state index in [1.54, 1.807) is 0 Å². The number of nitrogens with zero attached hydrogens (tertiary/aromatic N) is 1. The summed E-state index contributed by atoms with van der Waals surface area (Å²) in [7, 11) is 0. The number of pyridine rings is 1. The number of anilines is 1. The maximum Gasteiger partial charge on any atom is 0.0912 e. The van der Waals surface area contributed by atoms with E-state index in [-0.39, 0.29) is 0 Å². The Balaban J connectivity index is 2.39. The van der Waals surface area contributed by atoms with Gasteiger partial charge in [-0.2, -0.15) is 0 Å². The molecule has 3 nitrogen and oxygen atoms in total. The smallest absolute Gasteiger partial charge is 0.0912 e. The van der Waals surface area contributed by atoms with Gasteiger partial charge in [-0.3, -0.25) is 10.8 Å². The van der Waals surface area contributed by atoms with Gasteiger partial charge in [0.05, 0.1) is 16.2 Å². The monoisotopic (exact) mass is 247 g/mol. The summed E-state index contributed by atoms with van der Waals surface area (Å²) in [5, 5.41) is 1.70. The van der Waals surface area contributed by atoms with Crippen LogP contribution in [0.4, 0.5) is 5.69 Å². The lowest BCUT2D eigenvalue weighted by Gasteiger charge is -2.20. The molecule has 3 rings (SSSR count). The van der Waals surface area contributed by atoms with Gasteiger partial charge in [-0.05, 0) is 37.3 Å². The molecule has 0 saturated carbocycles. The summed E-state index contributed by atoms with van der Waals surface area (Å²) in [6.45, 7) is 0. The Bertz CT molecular complexity index is 580. The summed E-state index contributed by atoms with van der Waals surface area (Å²) in [6, 6.07) is 5.81. The molecule has 1 aliphatic carbocycles. The van der Waals surface area contributed by atoms with Gasteiger partial charge in [0.15, 0.2) is 0 Å². The normalized spacial score (nSPS) is 14.7. The van der Waals surface area contributed by atoms with Crippen LogP contribution < -0.4 is 11.3 Å². The maximum absolute atomic E-state index is 6.20. The highest BCUT2D eigenvalue weighted by atomic mass is 35.5. The molecule has 4 heteroatoms. The number of rotatable bonds is 1. The molecule has 0 bridgehead atoms. The predicted octanol–water partition coefficient (Wildman–Crippen LogP) is 3.05. The Hall–Kier alpha value is -1.32. The number of nitrogens with two attached hydrogens (primary N) is 1. The van der Waals surface area contributed by atoms with E-state index < -0.39 is 0 Å². The molecule has 0 fully saturated rings. The minimum atomic E-state index is 0.687. The number of para-hydroxylation sites is 1. The van der Waals surface area contributed by atoms with Crippen LogP contribution in [0.1, 0.15) is 24.1 Å². The second-order valence-electron chi connectivity index (χ2n) is 4.40. The van der Waals surface area contributed by atoms with Crippen molar-refractivity contribution in [1.82, 2.24) is 4.98 Å². The zero-order valence-corrected chi connectivity index (χ0v) is 10.2. The van der Waals surface area contributed by atoms with Gasteiger partial charge < -0.3 is 5.43 Å². The van der Waals surface area contributed by atoms with Gasteiger partial charge in [0.2, 0.25) is 0 Å². The quantitative estimate of drug-likeness (QED) is 0.602. The van der Waals surface area contributed by atoms with Gasteiger partial charge in [0, 0.05) is 11.1 Å². The fourth-order valence-corrected chi connectivity index (χ4v) is 2.79. The molecular formula is C13H14ClN3. The van der Waals surface area contributed by atoms with Crippen molar-refractivity contribution in [2.75, 3.05) is 5.43 Å². The molecule has 88 valence electrons. The van der Waals surface area contributed by atoms with Crippen molar-refractivity contribution in [3.8, 4) is 0 Å². The summed E-state index contributed by atoms with van der Waals surface area (Å²) in [5.41, 5.74) is 7.07. The van der Waals surface area contributed by atoms with Crippen LogP contribution in [0.25, 0.3) is 10.9 Å². The average molecular weight is 248 g/mol. The molecule has 1 aromatic carbocycles. The largest absolute Gasteiger partial charge is 0.323 e. The fourth-order valence-electron chi connectivity index (χ4n) is 2.58. The average Bonchev–Trinajstić information content (AvgIpc) is 2.37. The molecule has 1 aliphatic rings. The number of benzene rings is 1. The molecule has 1 heterocycles.